The predicted octanol–water partition coefficient (Wildman–Crippen LogP) is 3.91. The lowest BCUT2D eigenvalue weighted by Crippen LogP contribution is -2.05. The highest BCUT2D eigenvalue weighted by Crippen LogP contribution is 2.30. The third kappa shape index (κ3) is 2.48. The van der Waals surface area contributed by atoms with Crippen LogP contribution in [0.2, 0.25) is 5.02 Å². The molecule has 0 aromatic heterocycles. The second kappa shape index (κ2) is 5.06. The monoisotopic (exact) mass is 317 g/mol. The topological polar surface area (TPSA) is 60.2 Å². The Bertz CT molecular complexity index is 936. The van der Waals surface area contributed by atoms with E-state index in [-0.39, 0.29) is 15.5 Å². The summed E-state index contributed by atoms with van der Waals surface area (Å²) in [7, 11) is -3.69. The molecule has 0 radical (unpaired) electrons. The summed E-state index contributed by atoms with van der Waals surface area (Å²) in [5.74, 6) is 0. The van der Waals surface area contributed by atoms with Gasteiger partial charge >= 0.3 is 0 Å². The molecule has 0 aliphatic rings. The number of benzene rings is 3. The molecular formula is C16H12ClNO2S. The van der Waals surface area contributed by atoms with Crippen LogP contribution in [-0.2, 0) is 9.84 Å². The number of nitrogens with two attached hydrogens (primary N) is 1. The fourth-order valence-corrected chi connectivity index (χ4v) is 3.88. The van der Waals surface area contributed by atoms with Crippen LogP contribution in [0.1, 0.15) is 0 Å². The average molecular weight is 318 g/mol. The third-order valence-electron chi connectivity index (χ3n) is 3.30. The molecule has 0 atom stereocenters. The van der Waals surface area contributed by atoms with Crippen molar-refractivity contribution in [3.8, 4) is 0 Å². The van der Waals surface area contributed by atoms with Crippen LogP contribution in [0.15, 0.2) is 70.5 Å². The number of hydrogen-bond donors (Lipinski definition) is 1. The maximum atomic E-state index is 12.7. The molecule has 0 heterocycles. The van der Waals surface area contributed by atoms with E-state index in [1.807, 2.05) is 24.3 Å². The van der Waals surface area contributed by atoms with E-state index in [4.69, 9.17) is 17.3 Å². The molecule has 2 N–H and O–H groups in total. The molecule has 0 bridgehead atoms. The molecule has 3 rings (SSSR count). The lowest BCUT2D eigenvalue weighted by Gasteiger charge is -2.09. The van der Waals surface area contributed by atoms with Gasteiger partial charge in [0.05, 0.1) is 15.5 Å². The standard InChI is InChI=1S/C16H12ClNO2S/c17-13-6-8-15(18)16(10-13)21(19,20)14-7-5-11-3-1-2-4-12(11)9-14/h1-10H,18H2. The summed E-state index contributed by atoms with van der Waals surface area (Å²) in [6.07, 6.45) is 0. The Morgan fingerprint density at radius 1 is 0.857 bits per heavy atom. The summed E-state index contributed by atoms with van der Waals surface area (Å²) >= 11 is 5.89. The van der Waals surface area contributed by atoms with Crippen LogP contribution < -0.4 is 5.73 Å². The smallest absolute Gasteiger partial charge is 0.208 e. The maximum Gasteiger partial charge on any atom is 0.208 e. The second-order valence-electron chi connectivity index (χ2n) is 4.69. The number of hydrogen-bond acceptors (Lipinski definition) is 3. The van der Waals surface area contributed by atoms with E-state index in [2.05, 4.69) is 0 Å². The Balaban J connectivity index is 2.22. The Hall–Kier alpha value is -2.04. The molecule has 0 saturated carbocycles. The zero-order chi connectivity index (χ0) is 15.0. The van der Waals surface area contributed by atoms with Gasteiger partial charge in [0.25, 0.3) is 0 Å². The summed E-state index contributed by atoms with van der Waals surface area (Å²) in [6, 6.07) is 17.0. The maximum absolute atomic E-state index is 12.7. The summed E-state index contributed by atoms with van der Waals surface area (Å²) < 4.78 is 25.4. The second-order valence-corrected chi connectivity index (χ2v) is 7.05. The van der Waals surface area contributed by atoms with Crippen molar-refractivity contribution in [2.24, 2.45) is 0 Å². The van der Waals surface area contributed by atoms with Gasteiger partial charge < -0.3 is 5.73 Å². The normalized spacial score (nSPS) is 11.7. The van der Waals surface area contributed by atoms with E-state index in [9.17, 15) is 8.42 Å². The molecule has 21 heavy (non-hydrogen) atoms. The first-order valence-corrected chi connectivity index (χ1v) is 8.13. The summed E-state index contributed by atoms with van der Waals surface area (Å²) in [6.45, 7) is 0. The lowest BCUT2D eigenvalue weighted by atomic mass is 10.1. The van der Waals surface area contributed by atoms with Gasteiger partial charge in [-0.05, 0) is 41.1 Å². The van der Waals surface area contributed by atoms with E-state index in [1.54, 1.807) is 24.3 Å². The van der Waals surface area contributed by atoms with Gasteiger partial charge in [-0.1, -0.05) is 41.9 Å². The zero-order valence-corrected chi connectivity index (χ0v) is 12.5. The molecule has 3 aromatic rings. The van der Waals surface area contributed by atoms with Crippen molar-refractivity contribution in [3.63, 3.8) is 0 Å². The minimum absolute atomic E-state index is 0.0327. The van der Waals surface area contributed by atoms with E-state index < -0.39 is 9.84 Å². The highest BCUT2D eigenvalue weighted by atomic mass is 35.5. The van der Waals surface area contributed by atoms with Crippen LogP contribution in [0.4, 0.5) is 5.69 Å². The third-order valence-corrected chi connectivity index (χ3v) is 5.34. The Morgan fingerprint density at radius 2 is 1.57 bits per heavy atom. The summed E-state index contributed by atoms with van der Waals surface area (Å²) in [5.41, 5.74) is 5.98. The van der Waals surface area contributed by atoms with Crippen molar-refractivity contribution in [3.05, 3.63) is 65.7 Å². The first kappa shape index (κ1) is 13.9. The Labute approximate surface area is 127 Å². The largest absolute Gasteiger partial charge is 0.398 e. The van der Waals surface area contributed by atoms with Gasteiger partial charge in [-0.3, -0.25) is 0 Å². The molecule has 3 aromatic carbocycles. The molecule has 5 heteroatoms. The molecule has 0 aliphatic heterocycles. The number of nitrogen functional groups attached to an aromatic ring is 1. The number of sulfone groups is 1. The van der Waals surface area contributed by atoms with E-state index in [0.29, 0.717) is 5.02 Å². The molecule has 0 amide bonds. The van der Waals surface area contributed by atoms with Gasteiger partial charge in [0.2, 0.25) is 9.84 Å². The summed E-state index contributed by atoms with van der Waals surface area (Å²) in [4.78, 5) is 0.237. The van der Waals surface area contributed by atoms with Gasteiger partial charge in [0, 0.05) is 5.02 Å². The highest BCUT2D eigenvalue weighted by molar-refractivity contribution is 7.91. The minimum Gasteiger partial charge on any atom is -0.398 e. The Kier molecular flexibility index (Phi) is 3.35. The Morgan fingerprint density at radius 3 is 2.33 bits per heavy atom. The molecular weight excluding hydrogens is 306 g/mol. The fraction of sp³-hybridized carbons (Fsp3) is 0. The zero-order valence-electron chi connectivity index (χ0n) is 11.0. The molecule has 0 saturated heterocycles. The molecule has 0 aliphatic carbocycles. The van der Waals surface area contributed by atoms with Gasteiger partial charge in [0.1, 0.15) is 0 Å². The van der Waals surface area contributed by atoms with Crippen LogP contribution in [0, 0.1) is 0 Å². The first-order valence-electron chi connectivity index (χ1n) is 6.27. The van der Waals surface area contributed by atoms with Crippen LogP contribution in [0.25, 0.3) is 10.8 Å². The van der Waals surface area contributed by atoms with Crippen molar-refractivity contribution in [1.82, 2.24) is 0 Å². The predicted molar refractivity (Wildman–Crippen MR) is 85.3 cm³/mol. The molecule has 0 spiro atoms. The summed E-state index contributed by atoms with van der Waals surface area (Å²) in [5, 5.41) is 2.18. The minimum atomic E-state index is -3.69. The van der Waals surface area contributed by atoms with Crippen molar-refractivity contribution in [1.29, 1.82) is 0 Å². The van der Waals surface area contributed by atoms with Crippen LogP contribution in [-0.4, -0.2) is 8.42 Å². The van der Waals surface area contributed by atoms with Crippen molar-refractivity contribution < 1.29 is 8.42 Å². The molecule has 106 valence electrons. The number of halogens is 1. The van der Waals surface area contributed by atoms with Gasteiger partial charge in [0.15, 0.2) is 0 Å². The quantitative estimate of drug-likeness (QED) is 0.729. The number of rotatable bonds is 2. The van der Waals surface area contributed by atoms with Crippen molar-refractivity contribution >= 4 is 37.9 Å². The average Bonchev–Trinajstić information content (AvgIpc) is 2.49. The van der Waals surface area contributed by atoms with Crippen molar-refractivity contribution in [2.45, 2.75) is 9.79 Å². The first-order chi connectivity index (χ1) is 9.98. The van der Waals surface area contributed by atoms with Crippen LogP contribution in [0.5, 0.6) is 0 Å². The van der Waals surface area contributed by atoms with Crippen LogP contribution in [0.3, 0.4) is 0 Å². The van der Waals surface area contributed by atoms with Gasteiger partial charge in [-0.15, -0.1) is 0 Å². The van der Waals surface area contributed by atoms with Gasteiger partial charge in [-0.2, -0.15) is 0 Å². The van der Waals surface area contributed by atoms with Crippen molar-refractivity contribution in [2.75, 3.05) is 5.73 Å². The highest BCUT2D eigenvalue weighted by Gasteiger charge is 2.21. The lowest BCUT2D eigenvalue weighted by molar-refractivity contribution is 0.596. The number of fused-ring (bicyclic) bond motifs is 1. The molecule has 0 fully saturated rings. The molecule has 3 nitrogen and oxygen atoms in total. The van der Waals surface area contributed by atoms with E-state index >= 15 is 0 Å². The SMILES string of the molecule is Nc1ccc(Cl)cc1S(=O)(=O)c1ccc2ccccc2c1. The van der Waals surface area contributed by atoms with E-state index in [1.165, 1.54) is 12.1 Å². The fourth-order valence-electron chi connectivity index (χ4n) is 2.20. The molecule has 0 unspecified atom stereocenters. The van der Waals surface area contributed by atoms with Gasteiger partial charge in [-0.25, -0.2) is 8.42 Å². The number of anilines is 1. The van der Waals surface area contributed by atoms with E-state index in [0.717, 1.165) is 10.8 Å². The van der Waals surface area contributed by atoms with Crippen LogP contribution >= 0.6 is 11.6 Å².